The van der Waals surface area contributed by atoms with Crippen LogP contribution in [-0.2, 0) is 9.53 Å². The minimum atomic E-state index is -0.627. The molecule has 1 aliphatic heterocycles. The zero-order valence-corrected chi connectivity index (χ0v) is 12.6. The van der Waals surface area contributed by atoms with E-state index in [0.29, 0.717) is 5.02 Å². The molecular formula is C15H19ClN2O3. The molecule has 0 aromatic heterocycles. The van der Waals surface area contributed by atoms with Crippen molar-refractivity contribution in [1.29, 1.82) is 0 Å². The van der Waals surface area contributed by atoms with Crippen LogP contribution in [0.3, 0.4) is 0 Å². The Morgan fingerprint density at radius 1 is 1.19 bits per heavy atom. The standard InChI is InChI=1S/C15H19ClN2O3/c16-12-7-5-6-11(14(12)17)15(20)21-10-13(19)18-8-3-1-2-4-9-18/h5-7H,1-4,8-10,17H2. The van der Waals surface area contributed by atoms with E-state index in [0.717, 1.165) is 38.8 Å². The summed E-state index contributed by atoms with van der Waals surface area (Å²) in [5, 5.41) is 0.295. The molecule has 2 N–H and O–H groups in total. The third-order valence-corrected chi connectivity index (χ3v) is 3.89. The fraction of sp³-hybridized carbons (Fsp3) is 0.467. The maximum atomic E-state index is 12.0. The van der Waals surface area contributed by atoms with Crippen LogP contribution in [0.25, 0.3) is 0 Å². The number of nitrogens with two attached hydrogens (primary N) is 1. The zero-order chi connectivity index (χ0) is 15.2. The molecule has 1 fully saturated rings. The largest absolute Gasteiger partial charge is 0.452 e. The average molecular weight is 311 g/mol. The van der Waals surface area contributed by atoms with Gasteiger partial charge in [0.05, 0.1) is 16.3 Å². The highest BCUT2D eigenvalue weighted by atomic mass is 35.5. The number of nitrogen functional groups attached to an aromatic ring is 1. The lowest BCUT2D eigenvalue weighted by Crippen LogP contribution is -2.35. The fourth-order valence-corrected chi connectivity index (χ4v) is 2.51. The van der Waals surface area contributed by atoms with Gasteiger partial charge in [0, 0.05) is 13.1 Å². The number of amides is 1. The fourth-order valence-electron chi connectivity index (χ4n) is 2.33. The lowest BCUT2D eigenvalue weighted by molar-refractivity contribution is -0.134. The van der Waals surface area contributed by atoms with Crippen molar-refractivity contribution in [3.8, 4) is 0 Å². The van der Waals surface area contributed by atoms with Crippen LogP contribution in [0.4, 0.5) is 5.69 Å². The second-order valence-corrected chi connectivity index (χ2v) is 5.48. The van der Waals surface area contributed by atoms with E-state index >= 15 is 0 Å². The van der Waals surface area contributed by atoms with Crippen LogP contribution in [0.15, 0.2) is 18.2 Å². The molecule has 6 heteroatoms. The first-order valence-electron chi connectivity index (χ1n) is 7.08. The molecule has 1 amide bonds. The minimum absolute atomic E-state index is 0.161. The van der Waals surface area contributed by atoms with Crippen LogP contribution in [0.1, 0.15) is 36.0 Å². The molecule has 0 spiro atoms. The number of rotatable bonds is 3. The van der Waals surface area contributed by atoms with Crippen molar-refractivity contribution in [1.82, 2.24) is 4.90 Å². The molecule has 1 heterocycles. The number of benzene rings is 1. The quantitative estimate of drug-likeness (QED) is 0.687. The van der Waals surface area contributed by atoms with E-state index in [1.54, 1.807) is 17.0 Å². The number of nitrogens with zero attached hydrogens (tertiary/aromatic N) is 1. The second kappa shape index (κ2) is 7.31. The van der Waals surface area contributed by atoms with Crippen molar-refractivity contribution in [2.75, 3.05) is 25.4 Å². The molecule has 1 aromatic carbocycles. The molecule has 0 radical (unpaired) electrons. The predicted octanol–water partition coefficient (Wildman–Crippen LogP) is 2.48. The van der Waals surface area contributed by atoms with Crippen molar-refractivity contribution >= 4 is 29.2 Å². The van der Waals surface area contributed by atoms with Gasteiger partial charge in [-0.3, -0.25) is 4.79 Å². The lowest BCUT2D eigenvalue weighted by Gasteiger charge is -2.20. The molecule has 0 aliphatic carbocycles. The van der Waals surface area contributed by atoms with E-state index in [4.69, 9.17) is 22.1 Å². The molecule has 5 nitrogen and oxygen atoms in total. The lowest BCUT2D eigenvalue weighted by atomic mass is 10.2. The molecular weight excluding hydrogens is 292 g/mol. The maximum absolute atomic E-state index is 12.0. The van der Waals surface area contributed by atoms with Gasteiger partial charge >= 0.3 is 5.97 Å². The monoisotopic (exact) mass is 310 g/mol. The number of carbonyl (C=O) groups is 2. The second-order valence-electron chi connectivity index (χ2n) is 5.07. The van der Waals surface area contributed by atoms with E-state index < -0.39 is 5.97 Å². The zero-order valence-electron chi connectivity index (χ0n) is 11.8. The molecule has 114 valence electrons. The minimum Gasteiger partial charge on any atom is -0.452 e. The van der Waals surface area contributed by atoms with E-state index in [1.807, 2.05) is 0 Å². The molecule has 1 aromatic rings. The van der Waals surface area contributed by atoms with Crippen LogP contribution in [0.2, 0.25) is 5.02 Å². The van der Waals surface area contributed by atoms with E-state index in [2.05, 4.69) is 0 Å². The first kappa shape index (κ1) is 15.6. The number of esters is 1. The summed E-state index contributed by atoms with van der Waals surface area (Å²) in [5.74, 6) is -0.788. The van der Waals surface area contributed by atoms with Crippen LogP contribution < -0.4 is 5.73 Å². The van der Waals surface area contributed by atoms with E-state index in [9.17, 15) is 9.59 Å². The Morgan fingerprint density at radius 2 is 1.86 bits per heavy atom. The summed E-state index contributed by atoms with van der Waals surface area (Å²) >= 11 is 5.85. The number of para-hydroxylation sites is 1. The van der Waals surface area contributed by atoms with Crippen molar-refractivity contribution in [2.24, 2.45) is 0 Å². The molecule has 0 saturated carbocycles. The SMILES string of the molecule is Nc1c(Cl)cccc1C(=O)OCC(=O)N1CCCCCC1. The number of ether oxygens (including phenoxy) is 1. The van der Waals surface area contributed by atoms with Gasteiger partial charge in [-0.05, 0) is 25.0 Å². The van der Waals surface area contributed by atoms with Gasteiger partial charge in [0.1, 0.15) is 0 Å². The number of likely N-dealkylation sites (tertiary alicyclic amines) is 1. The first-order valence-corrected chi connectivity index (χ1v) is 7.46. The Bertz CT molecular complexity index is 526. The van der Waals surface area contributed by atoms with E-state index in [1.165, 1.54) is 6.07 Å². The van der Waals surface area contributed by atoms with Crippen LogP contribution >= 0.6 is 11.6 Å². The van der Waals surface area contributed by atoms with Crippen LogP contribution in [0.5, 0.6) is 0 Å². The third-order valence-electron chi connectivity index (χ3n) is 3.56. The maximum Gasteiger partial charge on any atom is 0.340 e. The number of hydrogen-bond donors (Lipinski definition) is 1. The van der Waals surface area contributed by atoms with Gasteiger partial charge in [0.2, 0.25) is 0 Å². The van der Waals surface area contributed by atoms with Gasteiger partial charge in [-0.15, -0.1) is 0 Å². The predicted molar refractivity (Wildman–Crippen MR) is 81.2 cm³/mol. The normalized spacial score (nSPS) is 15.4. The highest BCUT2D eigenvalue weighted by molar-refractivity contribution is 6.33. The molecule has 0 atom stereocenters. The molecule has 21 heavy (non-hydrogen) atoms. The van der Waals surface area contributed by atoms with Gasteiger partial charge in [0.25, 0.3) is 5.91 Å². The topological polar surface area (TPSA) is 72.6 Å². The summed E-state index contributed by atoms with van der Waals surface area (Å²) in [6, 6.07) is 4.74. The van der Waals surface area contributed by atoms with Gasteiger partial charge < -0.3 is 15.4 Å². The molecule has 1 saturated heterocycles. The summed E-state index contributed by atoms with van der Waals surface area (Å²) in [6.45, 7) is 1.20. The highest BCUT2D eigenvalue weighted by Gasteiger charge is 2.19. The molecule has 0 unspecified atom stereocenters. The Balaban J connectivity index is 1.91. The van der Waals surface area contributed by atoms with Crippen molar-refractivity contribution < 1.29 is 14.3 Å². The van der Waals surface area contributed by atoms with Crippen LogP contribution in [-0.4, -0.2) is 36.5 Å². The Hall–Kier alpha value is -1.75. The number of halogens is 1. The Kier molecular flexibility index (Phi) is 5.44. The summed E-state index contributed by atoms with van der Waals surface area (Å²) in [4.78, 5) is 25.7. The first-order chi connectivity index (χ1) is 10.1. The smallest absolute Gasteiger partial charge is 0.340 e. The molecule has 0 bridgehead atoms. The van der Waals surface area contributed by atoms with Gasteiger partial charge in [0.15, 0.2) is 6.61 Å². The van der Waals surface area contributed by atoms with Gasteiger partial charge in [-0.2, -0.15) is 0 Å². The Morgan fingerprint density at radius 3 is 2.52 bits per heavy atom. The van der Waals surface area contributed by atoms with Crippen molar-refractivity contribution in [2.45, 2.75) is 25.7 Å². The third kappa shape index (κ3) is 4.11. The summed E-state index contributed by atoms with van der Waals surface area (Å²) < 4.78 is 5.05. The van der Waals surface area contributed by atoms with Crippen molar-refractivity contribution in [3.05, 3.63) is 28.8 Å². The summed E-state index contributed by atoms with van der Waals surface area (Å²) in [7, 11) is 0. The van der Waals surface area contributed by atoms with Crippen molar-refractivity contribution in [3.63, 3.8) is 0 Å². The Labute approximate surface area is 129 Å². The van der Waals surface area contributed by atoms with Crippen LogP contribution in [0, 0.1) is 0 Å². The average Bonchev–Trinajstić information content (AvgIpc) is 2.76. The number of anilines is 1. The summed E-state index contributed by atoms with van der Waals surface area (Å²) in [6.07, 6.45) is 4.28. The number of hydrogen-bond acceptors (Lipinski definition) is 4. The van der Waals surface area contributed by atoms with Gasteiger partial charge in [-0.1, -0.05) is 30.5 Å². The number of carbonyl (C=O) groups excluding carboxylic acids is 2. The van der Waals surface area contributed by atoms with Gasteiger partial charge in [-0.25, -0.2) is 4.79 Å². The highest BCUT2D eigenvalue weighted by Crippen LogP contribution is 2.23. The molecule has 1 aliphatic rings. The van der Waals surface area contributed by atoms with E-state index in [-0.39, 0.29) is 23.8 Å². The summed E-state index contributed by atoms with van der Waals surface area (Å²) in [5.41, 5.74) is 6.08. The molecule has 2 rings (SSSR count).